The van der Waals surface area contributed by atoms with E-state index in [0.717, 1.165) is 30.6 Å². The van der Waals surface area contributed by atoms with E-state index in [0.29, 0.717) is 0 Å². The molecule has 1 aliphatic carbocycles. The molecule has 0 radical (unpaired) electrons. The molecule has 18 heavy (non-hydrogen) atoms. The predicted molar refractivity (Wildman–Crippen MR) is 75.7 cm³/mol. The number of anilines is 1. The second kappa shape index (κ2) is 6.10. The molecule has 0 unspecified atom stereocenters. The predicted octanol–water partition coefficient (Wildman–Crippen LogP) is 3.04. The van der Waals surface area contributed by atoms with Gasteiger partial charge < -0.3 is 10.5 Å². The summed E-state index contributed by atoms with van der Waals surface area (Å²) in [4.78, 5) is 2.54. The quantitative estimate of drug-likeness (QED) is 0.814. The van der Waals surface area contributed by atoms with Crippen molar-refractivity contribution in [1.82, 2.24) is 4.90 Å². The van der Waals surface area contributed by atoms with E-state index in [2.05, 4.69) is 17.9 Å². The van der Waals surface area contributed by atoms with Gasteiger partial charge in [0.15, 0.2) is 0 Å². The smallest absolute Gasteiger partial charge is 0.119 e. The second-order valence-electron chi connectivity index (χ2n) is 5.07. The minimum absolute atomic E-state index is 0.737. The molecule has 2 rings (SSSR count). The lowest BCUT2D eigenvalue weighted by Gasteiger charge is -2.28. The number of hydrogen-bond donors (Lipinski definition) is 1. The number of methoxy groups -OCH3 is 1. The van der Waals surface area contributed by atoms with E-state index in [1.54, 1.807) is 7.11 Å². The first-order valence-corrected chi connectivity index (χ1v) is 6.91. The van der Waals surface area contributed by atoms with Crippen molar-refractivity contribution < 1.29 is 4.74 Å². The average molecular weight is 248 g/mol. The number of hydrogen-bond acceptors (Lipinski definition) is 3. The molecule has 0 aromatic heterocycles. The molecule has 0 aliphatic heterocycles. The van der Waals surface area contributed by atoms with Crippen molar-refractivity contribution >= 4 is 5.69 Å². The van der Waals surface area contributed by atoms with E-state index in [4.69, 9.17) is 10.5 Å². The van der Waals surface area contributed by atoms with Gasteiger partial charge in [-0.15, -0.1) is 0 Å². The molecular weight excluding hydrogens is 224 g/mol. The molecule has 1 aliphatic rings. The third kappa shape index (κ3) is 2.96. The van der Waals surface area contributed by atoms with E-state index < -0.39 is 0 Å². The summed E-state index contributed by atoms with van der Waals surface area (Å²) in [7, 11) is 1.70. The van der Waals surface area contributed by atoms with Crippen molar-refractivity contribution in [3.63, 3.8) is 0 Å². The lowest BCUT2D eigenvalue weighted by Crippen LogP contribution is -2.32. The van der Waals surface area contributed by atoms with Gasteiger partial charge in [0.2, 0.25) is 0 Å². The fourth-order valence-corrected chi connectivity index (χ4v) is 2.83. The molecule has 0 amide bonds. The molecule has 1 aromatic carbocycles. The zero-order valence-electron chi connectivity index (χ0n) is 11.5. The molecule has 0 atom stereocenters. The summed E-state index contributed by atoms with van der Waals surface area (Å²) in [5.74, 6) is 0.890. The van der Waals surface area contributed by atoms with Gasteiger partial charge in [0, 0.05) is 18.3 Å². The van der Waals surface area contributed by atoms with Crippen molar-refractivity contribution in [2.75, 3.05) is 19.4 Å². The second-order valence-corrected chi connectivity index (χ2v) is 5.07. The van der Waals surface area contributed by atoms with Crippen molar-refractivity contribution in [2.24, 2.45) is 0 Å². The maximum absolute atomic E-state index is 6.06. The topological polar surface area (TPSA) is 38.5 Å². The summed E-state index contributed by atoms with van der Waals surface area (Å²) >= 11 is 0. The molecule has 0 saturated heterocycles. The van der Waals surface area contributed by atoms with Crippen LogP contribution in [0.5, 0.6) is 5.75 Å². The lowest BCUT2D eigenvalue weighted by molar-refractivity contribution is 0.200. The molecule has 0 spiro atoms. The van der Waals surface area contributed by atoms with Crippen LogP contribution in [0.4, 0.5) is 5.69 Å². The molecule has 1 fully saturated rings. The van der Waals surface area contributed by atoms with Gasteiger partial charge in [-0.05, 0) is 43.1 Å². The Morgan fingerprint density at radius 3 is 2.67 bits per heavy atom. The zero-order valence-corrected chi connectivity index (χ0v) is 11.5. The summed E-state index contributed by atoms with van der Waals surface area (Å²) in [5.41, 5.74) is 8.11. The minimum atomic E-state index is 0.737. The Morgan fingerprint density at radius 2 is 2.06 bits per heavy atom. The van der Waals surface area contributed by atoms with Crippen LogP contribution >= 0.6 is 0 Å². The Labute approximate surface area is 110 Å². The maximum atomic E-state index is 6.06. The Balaban J connectivity index is 2.10. The van der Waals surface area contributed by atoms with Crippen LogP contribution in [0.1, 0.15) is 38.2 Å². The fraction of sp³-hybridized carbons (Fsp3) is 0.600. The number of nitrogens with zero attached hydrogens (tertiary/aromatic N) is 1. The summed E-state index contributed by atoms with van der Waals surface area (Å²) in [6, 6.07) is 6.66. The summed E-state index contributed by atoms with van der Waals surface area (Å²) in [6.45, 7) is 4.25. The molecule has 100 valence electrons. The van der Waals surface area contributed by atoms with Gasteiger partial charge in [-0.25, -0.2) is 0 Å². The molecular formula is C15H24N2O. The number of benzene rings is 1. The van der Waals surface area contributed by atoms with Gasteiger partial charge in [0.05, 0.1) is 7.11 Å². The first kappa shape index (κ1) is 13.2. The monoisotopic (exact) mass is 248 g/mol. The number of nitrogens with two attached hydrogens (primary N) is 1. The van der Waals surface area contributed by atoms with E-state index in [1.165, 1.54) is 31.2 Å². The minimum Gasteiger partial charge on any atom is -0.497 e. The van der Waals surface area contributed by atoms with E-state index in [1.807, 2.05) is 12.1 Å². The van der Waals surface area contributed by atoms with Crippen LogP contribution in [0.2, 0.25) is 0 Å². The van der Waals surface area contributed by atoms with Gasteiger partial charge in [0.25, 0.3) is 0 Å². The fourth-order valence-electron chi connectivity index (χ4n) is 2.83. The Bertz CT molecular complexity index is 386. The van der Waals surface area contributed by atoms with Gasteiger partial charge in [-0.1, -0.05) is 19.8 Å². The largest absolute Gasteiger partial charge is 0.497 e. The van der Waals surface area contributed by atoms with Crippen LogP contribution in [-0.2, 0) is 6.54 Å². The standard InChI is InChI=1S/C15H24N2O/c1-3-17(13-6-4-5-7-13)11-12-10-14(18-2)8-9-15(12)16/h8-10,13H,3-7,11,16H2,1-2H3. The molecule has 3 heteroatoms. The summed E-state index contributed by atoms with van der Waals surface area (Å²) < 4.78 is 5.28. The molecule has 3 nitrogen and oxygen atoms in total. The van der Waals surface area contributed by atoms with Crippen LogP contribution in [0, 0.1) is 0 Å². The highest BCUT2D eigenvalue weighted by atomic mass is 16.5. The van der Waals surface area contributed by atoms with Gasteiger partial charge >= 0.3 is 0 Å². The molecule has 0 heterocycles. The van der Waals surface area contributed by atoms with Crippen molar-refractivity contribution in [2.45, 2.75) is 45.2 Å². The Kier molecular flexibility index (Phi) is 4.48. The highest BCUT2D eigenvalue weighted by Crippen LogP contribution is 2.27. The highest BCUT2D eigenvalue weighted by Gasteiger charge is 2.21. The van der Waals surface area contributed by atoms with Gasteiger partial charge in [-0.3, -0.25) is 4.90 Å². The van der Waals surface area contributed by atoms with Crippen molar-refractivity contribution in [3.05, 3.63) is 23.8 Å². The number of ether oxygens (including phenoxy) is 1. The van der Waals surface area contributed by atoms with Gasteiger partial charge in [-0.2, -0.15) is 0 Å². The molecule has 1 aromatic rings. The first-order valence-electron chi connectivity index (χ1n) is 6.91. The number of rotatable bonds is 5. The van der Waals surface area contributed by atoms with Crippen molar-refractivity contribution in [3.8, 4) is 5.75 Å². The van der Waals surface area contributed by atoms with Crippen LogP contribution in [0.15, 0.2) is 18.2 Å². The first-order chi connectivity index (χ1) is 8.74. The van der Waals surface area contributed by atoms with Crippen LogP contribution < -0.4 is 10.5 Å². The third-order valence-electron chi connectivity index (χ3n) is 3.97. The van der Waals surface area contributed by atoms with Crippen LogP contribution in [0.3, 0.4) is 0 Å². The highest BCUT2D eigenvalue weighted by molar-refractivity contribution is 5.50. The third-order valence-corrected chi connectivity index (χ3v) is 3.97. The number of nitrogen functional groups attached to an aromatic ring is 1. The average Bonchev–Trinajstić information content (AvgIpc) is 2.91. The van der Waals surface area contributed by atoms with E-state index in [9.17, 15) is 0 Å². The summed E-state index contributed by atoms with van der Waals surface area (Å²) in [6.07, 6.45) is 5.40. The molecule has 0 bridgehead atoms. The maximum Gasteiger partial charge on any atom is 0.119 e. The summed E-state index contributed by atoms with van der Waals surface area (Å²) in [5, 5.41) is 0. The molecule has 1 saturated carbocycles. The molecule has 2 N–H and O–H groups in total. The Morgan fingerprint density at radius 1 is 1.33 bits per heavy atom. The van der Waals surface area contributed by atoms with Crippen LogP contribution in [0.25, 0.3) is 0 Å². The zero-order chi connectivity index (χ0) is 13.0. The Hall–Kier alpha value is -1.22. The van der Waals surface area contributed by atoms with Gasteiger partial charge in [0.1, 0.15) is 5.75 Å². The van der Waals surface area contributed by atoms with E-state index in [-0.39, 0.29) is 0 Å². The lowest BCUT2D eigenvalue weighted by atomic mass is 10.1. The van der Waals surface area contributed by atoms with Crippen molar-refractivity contribution in [1.29, 1.82) is 0 Å². The van der Waals surface area contributed by atoms with Crippen LogP contribution in [-0.4, -0.2) is 24.6 Å². The normalized spacial score (nSPS) is 16.4. The van der Waals surface area contributed by atoms with E-state index >= 15 is 0 Å². The SMILES string of the molecule is CCN(Cc1cc(OC)ccc1N)C1CCCC1.